The van der Waals surface area contributed by atoms with E-state index in [1.54, 1.807) is 13.2 Å². The third-order valence-electron chi connectivity index (χ3n) is 6.46. The first-order valence-corrected chi connectivity index (χ1v) is 12.3. The van der Waals surface area contributed by atoms with Crippen LogP contribution in [-0.2, 0) is 11.2 Å². The molecule has 1 saturated heterocycles. The number of hydrogen-bond acceptors (Lipinski definition) is 7. The lowest BCUT2D eigenvalue weighted by Crippen LogP contribution is -2.60. The molecule has 1 unspecified atom stereocenters. The van der Waals surface area contributed by atoms with Gasteiger partial charge in [0.2, 0.25) is 5.91 Å². The fourth-order valence-corrected chi connectivity index (χ4v) is 5.54. The van der Waals surface area contributed by atoms with E-state index in [2.05, 4.69) is 20.5 Å². The summed E-state index contributed by atoms with van der Waals surface area (Å²) >= 11 is 1.49. The second kappa shape index (κ2) is 8.48. The minimum atomic E-state index is -0.117. The fourth-order valence-electron chi connectivity index (χ4n) is 4.75. The van der Waals surface area contributed by atoms with Crippen LogP contribution >= 0.6 is 11.8 Å². The standard InChI is InChI=1S/C25H24N4O4S/c1-32-17-3-4-20-19(8-17)24-15(9-26-20)6-18(33-24)12-29-10-16(11-29)27-25(31)14-2-5-22-21(7-14)28-23(30)13-34-22/h2-5,7-9,16,18H,6,10-13H2,1H3,(H,27,31)(H,28,30). The number of amides is 2. The molecule has 3 aliphatic heterocycles. The summed E-state index contributed by atoms with van der Waals surface area (Å²) < 4.78 is 11.7. The number of hydrogen-bond donors (Lipinski definition) is 2. The van der Waals surface area contributed by atoms with Crippen molar-refractivity contribution in [3.8, 4) is 11.5 Å². The third-order valence-corrected chi connectivity index (χ3v) is 7.53. The van der Waals surface area contributed by atoms with E-state index in [1.807, 2.05) is 36.5 Å². The first-order chi connectivity index (χ1) is 16.6. The van der Waals surface area contributed by atoms with Gasteiger partial charge in [-0.15, -0.1) is 11.8 Å². The van der Waals surface area contributed by atoms with Crippen molar-refractivity contribution in [3.63, 3.8) is 0 Å². The highest BCUT2D eigenvalue weighted by atomic mass is 32.2. The van der Waals surface area contributed by atoms with Crippen LogP contribution in [0.1, 0.15) is 15.9 Å². The average Bonchev–Trinajstić information content (AvgIpc) is 3.25. The Hall–Kier alpha value is -3.30. The number of benzene rings is 2. The SMILES string of the molecule is COc1ccc2ncc3c(c2c1)OC(CN1CC(NC(=O)c2ccc4c(c2)NC(=O)CS4)C1)C3. The monoisotopic (exact) mass is 476 g/mol. The summed E-state index contributed by atoms with van der Waals surface area (Å²) in [6.45, 7) is 2.37. The molecular formula is C25H24N4O4S. The van der Waals surface area contributed by atoms with Crippen LogP contribution in [0.25, 0.3) is 10.9 Å². The number of nitrogens with zero attached hydrogens (tertiary/aromatic N) is 2. The number of carbonyl (C=O) groups is 2. The molecule has 1 fully saturated rings. The number of likely N-dealkylation sites (tertiary alicyclic amines) is 1. The maximum atomic E-state index is 12.7. The first-order valence-electron chi connectivity index (χ1n) is 11.3. The summed E-state index contributed by atoms with van der Waals surface area (Å²) in [6, 6.07) is 11.4. The Labute approximate surface area is 201 Å². The van der Waals surface area contributed by atoms with Crippen molar-refractivity contribution in [2.24, 2.45) is 0 Å². The minimum absolute atomic E-state index is 0.0381. The Balaban J connectivity index is 1.04. The summed E-state index contributed by atoms with van der Waals surface area (Å²) in [7, 11) is 1.66. The molecule has 6 rings (SSSR count). The largest absolute Gasteiger partial charge is 0.497 e. The Morgan fingerprint density at radius 3 is 3.03 bits per heavy atom. The molecule has 2 aromatic carbocycles. The van der Waals surface area contributed by atoms with Crippen molar-refractivity contribution >= 4 is 40.2 Å². The van der Waals surface area contributed by atoms with Gasteiger partial charge in [0.1, 0.15) is 17.6 Å². The lowest BCUT2D eigenvalue weighted by molar-refractivity contribution is -0.113. The zero-order valence-electron chi connectivity index (χ0n) is 18.7. The molecule has 174 valence electrons. The number of anilines is 1. The number of aromatic nitrogens is 1. The molecule has 0 saturated carbocycles. The molecule has 8 nitrogen and oxygen atoms in total. The lowest BCUT2D eigenvalue weighted by Gasteiger charge is -2.40. The molecule has 0 aliphatic carbocycles. The number of thioether (sulfide) groups is 1. The summed E-state index contributed by atoms with van der Waals surface area (Å²) in [6.07, 6.45) is 2.79. The van der Waals surface area contributed by atoms with Crippen molar-refractivity contribution in [1.82, 2.24) is 15.2 Å². The van der Waals surface area contributed by atoms with E-state index in [4.69, 9.17) is 9.47 Å². The number of carbonyl (C=O) groups excluding carboxylic acids is 2. The number of nitrogens with one attached hydrogen (secondary N) is 2. The van der Waals surface area contributed by atoms with Crippen LogP contribution in [0, 0.1) is 0 Å². The molecule has 3 aliphatic rings. The van der Waals surface area contributed by atoms with E-state index in [0.29, 0.717) is 17.0 Å². The smallest absolute Gasteiger partial charge is 0.251 e. The van der Waals surface area contributed by atoms with Gasteiger partial charge in [0.25, 0.3) is 5.91 Å². The van der Waals surface area contributed by atoms with Crippen LogP contribution in [-0.4, -0.2) is 66.3 Å². The van der Waals surface area contributed by atoms with Gasteiger partial charge < -0.3 is 20.1 Å². The van der Waals surface area contributed by atoms with Crippen molar-refractivity contribution < 1.29 is 19.1 Å². The van der Waals surface area contributed by atoms with Gasteiger partial charge in [-0.05, 0) is 36.4 Å². The molecule has 1 aromatic heterocycles. The van der Waals surface area contributed by atoms with Crippen LogP contribution < -0.4 is 20.1 Å². The molecule has 34 heavy (non-hydrogen) atoms. The van der Waals surface area contributed by atoms with Crippen molar-refractivity contribution in [2.45, 2.75) is 23.5 Å². The lowest BCUT2D eigenvalue weighted by atomic mass is 10.0. The molecule has 0 bridgehead atoms. The molecule has 2 N–H and O–H groups in total. The van der Waals surface area contributed by atoms with Gasteiger partial charge in [0.15, 0.2) is 0 Å². The fraction of sp³-hybridized carbons (Fsp3) is 0.320. The summed E-state index contributed by atoms with van der Waals surface area (Å²) in [5.74, 6) is 1.94. The van der Waals surface area contributed by atoms with E-state index < -0.39 is 0 Å². The molecule has 1 atom stereocenters. The predicted octanol–water partition coefficient (Wildman–Crippen LogP) is 2.71. The van der Waals surface area contributed by atoms with Crippen molar-refractivity contribution in [2.75, 3.05) is 37.8 Å². The van der Waals surface area contributed by atoms with Gasteiger partial charge in [-0.3, -0.25) is 19.5 Å². The zero-order chi connectivity index (χ0) is 23.2. The second-order valence-corrected chi connectivity index (χ2v) is 9.89. The highest BCUT2D eigenvalue weighted by Crippen LogP contribution is 2.37. The number of ether oxygens (including phenoxy) is 2. The average molecular weight is 477 g/mol. The zero-order valence-corrected chi connectivity index (χ0v) is 19.5. The molecule has 3 aromatic rings. The Bertz CT molecular complexity index is 1310. The summed E-state index contributed by atoms with van der Waals surface area (Å²) in [5.41, 5.74) is 3.28. The first kappa shape index (κ1) is 21.2. The van der Waals surface area contributed by atoms with Gasteiger partial charge in [-0.25, -0.2) is 0 Å². The Kier molecular flexibility index (Phi) is 5.30. The highest BCUT2D eigenvalue weighted by Gasteiger charge is 2.33. The molecular weight excluding hydrogens is 452 g/mol. The van der Waals surface area contributed by atoms with E-state index >= 15 is 0 Å². The van der Waals surface area contributed by atoms with Crippen molar-refractivity contribution in [3.05, 3.63) is 53.7 Å². The van der Waals surface area contributed by atoms with Crippen LogP contribution in [0.5, 0.6) is 11.5 Å². The van der Waals surface area contributed by atoms with Crippen LogP contribution in [0.4, 0.5) is 5.69 Å². The molecule has 0 spiro atoms. The Morgan fingerprint density at radius 1 is 1.29 bits per heavy atom. The second-order valence-electron chi connectivity index (χ2n) is 8.88. The highest BCUT2D eigenvalue weighted by molar-refractivity contribution is 8.00. The molecule has 4 heterocycles. The number of methoxy groups -OCH3 is 1. The van der Waals surface area contributed by atoms with E-state index in [0.717, 1.165) is 58.9 Å². The number of rotatable bonds is 5. The van der Waals surface area contributed by atoms with E-state index in [-0.39, 0.29) is 24.0 Å². The topological polar surface area (TPSA) is 92.8 Å². The van der Waals surface area contributed by atoms with Crippen LogP contribution in [0.2, 0.25) is 0 Å². The Morgan fingerprint density at radius 2 is 2.18 bits per heavy atom. The van der Waals surface area contributed by atoms with Gasteiger partial charge in [-0.2, -0.15) is 0 Å². The van der Waals surface area contributed by atoms with Crippen LogP contribution in [0.3, 0.4) is 0 Å². The predicted molar refractivity (Wildman–Crippen MR) is 130 cm³/mol. The summed E-state index contributed by atoms with van der Waals surface area (Å²) in [4.78, 5) is 32.2. The van der Waals surface area contributed by atoms with Crippen molar-refractivity contribution in [1.29, 1.82) is 0 Å². The van der Waals surface area contributed by atoms with E-state index in [9.17, 15) is 9.59 Å². The maximum absolute atomic E-state index is 12.7. The van der Waals surface area contributed by atoms with Gasteiger partial charge in [0, 0.05) is 53.7 Å². The van der Waals surface area contributed by atoms with Gasteiger partial charge in [0.05, 0.1) is 30.1 Å². The molecule has 0 radical (unpaired) electrons. The quantitative estimate of drug-likeness (QED) is 0.585. The molecule has 2 amide bonds. The van der Waals surface area contributed by atoms with Gasteiger partial charge in [-0.1, -0.05) is 0 Å². The third kappa shape index (κ3) is 3.95. The number of pyridine rings is 1. The van der Waals surface area contributed by atoms with Crippen LogP contribution in [0.15, 0.2) is 47.5 Å². The maximum Gasteiger partial charge on any atom is 0.251 e. The molecule has 9 heteroatoms. The number of fused-ring (bicyclic) bond motifs is 4. The summed E-state index contributed by atoms with van der Waals surface area (Å²) in [5, 5.41) is 6.91. The van der Waals surface area contributed by atoms with E-state index in [1.165, 1.54) is 11.8 Å². The van der Waals surface area contributed by atoms with Gasteiger partial charge >= 0.3 is 0 Å². The minimum Gasteiger partial charge on any atom is -0.497 e. The normalized spacial score (nSPS) is 19.6.